The Hall–Kier alpha value is -1.33. The molecule has 0 bridgehead atoms. The van der Waals surface area contributed by atoms with Crippen LogP contribution >= 0.6 is 11.6 Å². The van der Waals surface area contributed by atoms with Gasteiger partial charge in [-0.2, -0.15) is 5.10 Å². The Morgan fingerprint density at radius 1 is 1.32 bits per heavy atom. The highest BCUT2D eigenvalue weighted by Crippen LogP contribution is 2.25. The van der Waals surface area contributed by atoms with Gasteiger partial charge in [-0.25, -0.2) is 0 Å². The summed E-state index contributed by atoms with van der Waals surface area (Å²) >= 11 is 6.15. The molecule has 0 fully saturated rings. The number of anilines is 1. The van der Waals surface area contributed by atoms with Gasteiger partial charge >= 0.3 is 0 Å². The molecule has 1 atom stereocenters. The standard InChI is InChI=1S/C16H22ClN3OS/c1-16(2,3)15-12(9-19-20-15)8-18-13-5-6-14(17)11(7-13)10-22(4)21/h5-7,9,18H,8,10H2,1-4H3,(H,19,20). The van der Waals surface area contributed by atoms with Crippen molar-refractivity contribution in [3.8, 4) is 0 Å². The average Bonchev–Trinajstić information content (AvgIpc) is 2.87. The number of benzene rings is 1. The van der Waals surface area contributed by atoms with Crippen LogP contribution < -0.4 is 5.32 Å². The molecule has 1 aromatic heterocycles. The fourth-order valence-corrected chi connectivity index (χ4v) is 3.25. The van der Waals surface area contributed by atoms with Gasteiger partial charge in [0.2, 0.25) is 0 Å². The number of hydrogen-bond acceptors (Lipinski definition) is 3. The maximum atomic E-state index is 11.4. The third-order valence-corrected chi connectivity index (χ3v) is 4.44. The van der Waals surface area contributed by atoms with E-state index in [1.807, 2.05) is 24.4 Å². The van der Waals surface area contributed by atoms with E-state index < -0.39 is 10.8 Å². The number of halogens is 1. The minimum absolute atomic E-state index is 0.0256. The van der Waals surface area contributed by atoms with Crippen molar-refractivity contribution >= 4 is 28.1 Å². The van der Waals surface area contributed by atoms with Crippen LogP contribution in [0.25, 0.3) is 0 Å². The molecule has 0 aliphatic rings. The Bertz CT molecular complexity index is 676. The van der Waals surface area contributed by atoms with Gasteiger partial charge in [-0.3, -0.25) is 9.31 Å². The zero-order valence-corrected chi connectivity index (χ0v) is 14.9. The second-order valence-electron chi connectivity index (χ2n) is 6.40. The van der Waals surface area contributed by atoms with Crippen molar-refractivity contribution in [3.63, 3.8) is 0 Å². The number of H-pyrrole nitrogens is 1. The molecule has 1 aromatic carbocycles. The molecule has 6 heteroatoms. The first-order valence-electron chi connectivity index (χ1n) is 7.12. The van der Waals surface area contributed by atoms with Gasteiger partial charge in [0.15, 0.2) is 0 Å². The topological polar surface area (TPSA) is 57.8 Å². The fraction of sp³-hybridized carbons (Fsp3) is 0.438. The smallest absolute Gasteiger partial charge is 0.0540 e. The maximum Gasteiger partial charge on any atom is 0.0540 e. The van der Waals surface area contributed by atoms with Crippen molar-refractivity contribution in [2.75, 3.05) is 11.6 Å². The summed E-state index contributed by atoms with van der Waals surface area (Å²) in [5.41, 5.74) is 4.16. The molecular formula is C16H22ClN3OS. The van der Waals surface area contributed by atoms with E-state index >= 15 is 0 Å². The number of nitrogens with one attached hydrogen (secondary N) is 2. The van der Waals surface area contributed by atoms with E-state index in [9.17, 15) is 4.21 Å². The lowest BCUT2D eigenvalue weighted by molar-refractivity contribution is 0.561. The van der Waals surface area contributed by atoms with Crippen molar-refractivity contribution in [2.45, 2.75) is 38.5 Å². The van der Waals surface area contributed by atoms with Crippen LogP contribution in [0.2, 0.25) is 5.02 Å². The largest absolute Gasteiger partial charge is 0.381 e. The van der Waals surface area contributed by atoms with E-state index in [-0.39, 0.29) is 5.41 Å². The Morgan fingerprint density at radius 3 is 2.68 bits per heavy atom. The summed E-state index contributed by atoms with van der Waals surface area (Å²) in [6.45, 7) is 7.14. The quantitative estimate of drug-likeness (QED) is 0.869. The van der Waals surface area contributed by atoms with Crippen molar-refractivity contribution in [1.29, 1.82) is 0 Å². The highest BCUT2D eigenvalue weighted by atomic mass is 35.5. The van der Waals surface area contributed by atoms with E-state index in [0.29, 0.717) is 17.3 Å². The SMILES string of the molecule is CS(=O)Cc1cc(NCc2cn[nH]c2C(C)(C)C)ccc1Cl. The third kappa shape index (κ3) is 4.34. The Morgan fingerprint density at radius 2 is 2.05 bits per heavy atom. The van der Waals surface area contributed by atoms with Gasteiger partial charge < -0.3 is 5.32 Å². The summed E-state index contributed by atoms with van der Waals surface area (Å²) < 4.78 is 11.4. The molecule has 2 aromatic rings. The van der Waals surface area contributed by atoms with Crippen LogP contribution in [0, 0.1) is 0 Å². The summed E-state index contributed by atoms with van der Waals surface area (Å²) in [5.74, 6) is 0.466. The summed E-state index contributed by atoms with van der Waals surface area (Å²) in [6, 6.07) is 5.73. The number of aromatic nitrogens is 2. The molecule has 0 spiro atoms. The van der Waals surface area contributed by atoms with Crippen LogP contribution in [0.4, 0.5) is 5.69 Å². The summed E-state index contributed by atoms with van der Waals surface area (Å²) in [7, 11) is -0.911. The lowest BCUT2D eigenvalue weighted by Crippen LogP contribution is -2.15. The van der Waals surface area contributed by atoms with Gasteiger partial charge in [0, 0.05) is 56.7 Å². The minimum atomic E-state index is -0.911. The van der Waals surface area contributed by atoms with E-state index in [2.05, 4.69) is 36.3 Å². The number of nitrogens with zero attached hydrogens (tertiary/aromatic N) is 1. The molecule has 0 saturated heterocycles. The second kappa shape index (κ2) is 6.84. The number of aromatic amines is 1. The monoisotopic (exact) mass is 339 g/mol. The summed E-state index contributed by atoms with van der Waals surface area (Å²) in [6.07, 6.45) is 3.53. The Labute approximate surface area is 139 Å². The average molecular weight is 340 g/mol. The van der Waals surface area contributed by atoms with Crippen molar-refractivity contribution in [3.05, 3.63) is 46.2 Å². The maximum absolute atomic E-state index is 11.4. The molecule has 0 radical (unpaired) electrons. The van der Waals surface area contributed by atoms with Gasteiger partial charge in [-0.05, 0) is 23.8 Å². The Kier molecular flexibility index (Phi) is 5.29. The predicted molar refractivity (Wildman–Crippen MR) is 93.8 cm³/mol. The zero-order valence-electron chi connectivity index (χ0n) is 13.4. The molecule has 1 unspecified atom stereocenters. The molecule has 4 nitrogen and oxygen atoms in total. The van der Waals surface area contributed by atoms with E-state index in [4.69, 9.17) is 11.6 Å². The molecular weight excluding hydrogens is 318 g/mol. The van der Waals surface area contributed by atoms with Gasteiger partial charge in [0.1, 0.15) is 0 Å². The molecule has 0 saturated carbocycles. The van der Waals surface area contributed by atoms with Crippen LogP contribution in [0.3, 0.4) is 0 Å². The first kappa shape index (κ1) is 17.0. The molecule has 2 rings (SSSR count). The molecule has 120 valence electrons. The van der Waals surface area contributed by atoms with Crippen LogP contribution in [0.5, 0.6) is 0 Å². The van der Waals surface area contributed by atoms with E-state index in [1.165, 1.54) is 0 Å². The highest BCUT2D eigenvalue weighted by molar-refractivity contribution is 7.83. The van der Waals surface area contributed by atoms with Gasteiger partial charge in [0.05, 0.1) is 6.20 Å². The lowest BCUT2D eigenvalue weighted by atomic mass is 9.89. The molecule has 0 amide bonds. The molecule has 0 aliphatic heterocycles. The summed E-state index contributed by atoms with van der Waals surface area (Å²) in [4.78, 5) is 0. The third-order valence-electron chi connectivity index (χ3n) is 3.36. The lowest BCUT2D eigenvalue weighted by Gasteiger charge is -2.19. The van der Waals surface area contributed by atoms with Crippen molar-refractivity contribution in [1.82, 2.24) is 10.2 Å². The van der Waals surface area contributed by atoms with E-state index in [1.54, 1.807) is 6.26 Å². The van der Waals surface area contributed by atoms with Crippen molar-refractivity contribution in [2.24, 2.45) is 0 Å². The number of rotatable bonds is 5. The fourth-order valence-electron chi connectivity index (χ4n) is 2.31. The van der Waals surface area contributed by atoms with Crippen molar-refractivity contribution < 1.29 is 4.21 Å². The van der Waals surface area contributed by atoms with Crippen LogP contribution in [0.1, 0.15) is 37.6 Å². The number of hydrogen-bond donors (Lipinski definition) is 2. The first-order chi connectivity index (χ1) is 10.3. The molecule has 1 heterocycles. The van der Waals surface area contributed by atoms with Crippen LogP contribution in [-0.4, -0.2) is 20.7 Å². The Balaban J connectivity index is 2.12. The minimum Gasteiger partial charge on any atom is -0.381 e. The zero-order chi connectivity index (χ0) is 16.3. The highest BCUT2D eigenvalue weighted by Gasteiger charge is 2.19. The van der Waals surface area contributed by atoms with Crippen LogP contribution in [-0.2, 0) is 28.5 Å². The van der Waals surface area contributed by atoms with E-state index in [0.717, 1.165) is 22.5 Å². The molecule has 0 aliphatic carbocycles. The van der Waals surface area contributed by atoms with Gasteiger partial charge in [-0.1, -0.05) is 32.4 Å². The second-order valence-corrected chi connectivity index (χ2v) is 8.24. The summed E-state index contributed by atoms with van der Waals surface area (Å²) in [5, 5.41) is 11.3. The molecule has 2 N–H and O–H groups in total. The van der Waals surface area contributed by atoms with Gasteiger partial charge in [-0.15, -0.1) is 0 Å². The predicted octanol–water partition coefficient (Wildman–Crippen LogP) is 3.85. The molecule has 22 heavy (non-hydrogen) atoms. The van der Waals surface area contributed by atoms with Crippen LogP contribution in [0.15, 0.2) is 24.4 Å². The first-order valence-corrected chi connectivity index (χ1v) is 9.23. The van der Waals surface area contributed by atoms with Gasteiger partial charge in [0.25, 0.3) is 0 Å². The normalized spacial score (nSPS) is 13.1.